The molecule has 6 nitrogen and oxygen atoms in total. The monoisotopic (exact) mass is 295 g/mol. The lowest BCUT2D eigenvalue weighted by Crippen LogP contribution is -2.07. The highest BCUT2D eigenvalue weighted by atomic mass is 35.5. The number of ether oxygens (including phenoxy) is 1. The second kappa shape index (κ2) is 6.38. The Morgan fingerprint density at radius 3 is 2.85 bits per heavy atom. The molecule has 0 atom stereocenters. The molecule has 2 aromatic rings. The van der Waals surface area contributed by atoms with Gasteiger partial charge in [0, 0.05) is 37.3 Å². The fourth-order valence-corrected chi connectivity index (χ4v) is 1.99. The van der Waals surface area contributed by atoms with Crippen LogP contribution >= 0.6 is 11.6 Å². The Hall–Kier alpha value is -2.08. The molecule has 2 rings (SSSR count). The molecule has 0 amide bonds. The van der Waals surface area contributed by atoms with Crippen LogP contribution in [0.4, 0.5) is 5.69 Å². The molecule has 20 heavy (non-hydrogen) atoms. The minimum absolute atomic E-state index is 0.0619. The van der Waals surface area contributed by atoms with Crippen LogP contribution in [0.25, 0.3) is 0 Å². The number of aromatic nitrogens is 2. The highest BCUT2D eigenvalue weighted by molar-refractivity contribution is 6.17. The van der Waals surface area contributed by atoms with E-state index in [9.17, 15) is 10.1 Å². The Labute approximate surface area is 121 Å². The van der Waals surface area contributed by atoms with Crippen molar-refractivity contribution in [3.63, 3.8) is 0 Å². The van der Waals surface area contributed by atoms with Crippen molar-refractivity contribution in [2.45, 2.75) is 12.3 Å². The maximum absolute atomic E-state index is 11.0. The van der Waals surface area contributed by atoms with Crippen LogP contribution in [0.3, 0.4) is 0 Å². The highest BCUT2D eigenvalue weighted by Crippen LogP contribution is 2.28. The molecule has 1 heterocycles. The smallest absolute Gasteiger partial charge is 0.311 e. The number of hydrogen-bond acceptors (Lipinski definition) is 4. The molecular formula is C13H14ClN3O3. The average molecular weight is 296 g/mol. The van der Waals surface area contributed by atoms with E-state index in [0.29, 0.717) is 18.6 Å². The fourth-order valence-electron chi connectivity index (χ4n) is 1.82. The fraction of sp³-hybridized carbons (Fsp3) is 0.308. The van der Waals surface area contributed by atoms with E-state index in [2.05, 4.69) is 5.10 Å². The first-order valence-corrected chi connectivity index (χ1v) is 6.58. The van der Waals surface area contributed by atoms with Gasteiger partial charge < -0.3 is 4.74 Å². The summed E-state index contributed by atoms with van der Waals surface area (Å²) >= 11 is 5.67. The molecule has 0 aliphatic carbocycles. The van der Waals surface area contributed by atoms with E-state index in [1.54, 1.807) is 23.0 Å². The maximum atomic E-state index is 11.0. The van der Waals surface area contributed by atoms with Gasteiger partial charge in [0.05, 0.1) is 11.5 Å². The van der Waals surface area contributed by atoms with E-state index in [4.69, 9.17) is 16.3 Å². The summed E-state index contributed by atoms with van der Waals surface area (Å²) < 4.78 is 7.24. The first-order valence-electron chi connectivity index (χ1n) is 6.04. The molecular weight excluding hydrogens is 282 g/mol. The summed E-state index contributed by atoms with van der Waals surface area (Å²) in [5.74, 6) is 0.488. The normalized spacial score (nSPS) is 10.5. The van der Waals surface area contributed by atoms with Crippen molar-refractivity contribution in [2.75, 3.05) is 6.61 Å². The number of nitrogens with zero attached hydrogens (tertiary/aromatic N) is 3. The molecule has 7 heteroatoms. The Morgan fingerprint density at radius 1 is 1.45 bits per heavy atom. The Bertz CT molecular complexity index is 613. The van der Waals surface area contributed by atoms with E-state index < -0.39 is 4.92 Å². The SMILES string of the molecule is Cn1nccc1CCOc1ccc(CCl)cc1[N+](=O)[O-]. The molecule has 0 aliphatic rings. The van der Waals surface area contributed by atoms with Gasteiger partial charge in [0.15, 0.2) is 5.75 Å². The number of hydrogen-bond donors (Lipinski definition) is 0. The molecule has 0 aliphatic heterocycles. The summed E-state index contributed by atoms with van der Waals surface area (Å²) in [5.41, 5.74) is 1.63. The minimum atomic E-state index is -0.463. The van der Waals surface area contributed by atoms with Crippen LogP contribution in [-0.4, -0.2) is 21.3 Å². The molecule has 106 valence electrons. The average Bonchev–Trinajstić information content (AvgIpc) is 2.84. The molecule has 0 fully saturated rings. The van der Waals surface area contributed by atoms with E-state index in [1.807, 2.05) is 13.1 Å². The number of rotatable bonds is 6. The van der Waals surface area contributed by atoms with E-state index in [0.717, 1.165) is 5.69 Å². The van der Waals surface area contributed by atoms with Crippen LogP contribution in [0.5, 0.6) is 5.75 Å². The number of halogens is 1. The lowest BCUT2D eigenvalue weighted by Gasteiger charge is -2.08. The van der Waals surface area contributed by atoms with E-state index in [-0.39, 0.29) is 17.3 Å². The van der Waals surface area contributed by atoms with Crippen molar-refractivity contribution < 1.29 is 9.66 Å². The van der Waals surface area contributed by atoms with Gasteiger partial charge >= 0.3 is 5.69 Å². The van der Waals surface area contributed by atoms with Crippen LogP contribution in [0.1, 0.15) is 11.3 Å². The lowest BCUT2D eigenvalue weighted by molar-refractivity contribution is -0.385. The largest absolute Gasteiger partial charge is 0.486 e. The maximum Gasteiger partial charge on any atom is 0.311 e. The third-order valence-corrected chi connectivity index (χ3v) is 3.22. The van der Waals surface area contributed by atoms with Crippen LogP contribution in [0.2, 0.25) is 0 Å². The van der Waals surface area contributed by atoms with Crippen molar-refractivity contribution in [3.05, 3.63) is 51.8 Å². The Kier molecular flexibility index (Phi) is 4.57. The highest BCUT2D eigenvalue weighted by Gasteiger charge is 2.15. The molecule has 0 unspecified atom stereocenters. The molecule has 0 saturated heterocycles. The third kappa shape index (κ3) is 3.27. The van der Waals surface area contributed by atoms with E-state index >= 15 is 0 Å². The number of aryl methyl sites for hydroxylation is 1. The summed E-state index contributed by atoms with van der Waals surface area (Å²) in [7, 11) is 1.84. The second-order valence-electron chi connectivity index (χ2n) is 4.24. The molecule has 0 radical (unpaired) electrons. The minimum Gasteiger partial charge on any atom is -0.486 e. The van der Waals surface area contributed by atoms with Gasteiger partial charge in [-0.1, -0.05) is 6.07 Å². The van der Waals surface area contributed by atoms with Gasteiger partial charge in [-0.2, -0.15) is 5.10 Å². The summed E-state index contributed by atoms with van der Waals surface area (Å²) in [6, 6.07) is 6.62. The predicted octanol–water partition coefficient (Wildman–Crippen LogP) is 2.69. The van der Waals surface area contributed by atoms with Gasteiger partial charge in [-0.05, 0) is 17.7 Å². The van der Waals surface area contributed by atoms with Crippen molar-refractivity contribution in [3.8, 4) is 5.75 Å². The standard InChI is InChI=1S/C13H14ClN3O3/c1-16-11(4-6-15-16)5-7-20-13-3-2-10(9-14)8-12(13)17(18)19/h2-4,6,8H,5,7,9H2,1H3. The first-order chi connectivity index (χ1) is 9.61. The summed E-state index contributed by atoms with van der Waals surface area (Å²) in [6.07, 6.45) is 2.33. The predicted molar refractivity (Wildman–Crippen MR) is 75.1 cm³/mol. The molecule has 1 aromatic heterocycles. The molecule has 0 bridgehead atoms. The third-order valence-electron chi connectivity index (χ3n) is 2.91. The van der Waals surface area contributed by atoms with Gasteiger partial charge in [-0.25, -0.2) is 0 Å². The molecule has 0 saturated carbocycles. The summed E-state index contributed by atoms with van der Waals surface area (Å²) in [6.45, 7) is 0.348. The summed E-state index contributed by atoms with van der Waals surface area (Å²) in [5, 5.41) is 15.1. The number of benzene rings is 1. The quantitative estimate of drug-likeness (QED) is 0.467. The van der Waals surface area contributed by atoms with Crippen molar-refractivity contribution in [1.82, 2.24) is 9.78 Å². The van der Waals surface area contributed by atoms with Crippen LogP contribution in [0.15, 0.2) is 30.5 Å². The zero-order chi connectivity index (χ0) is 14.5. The van der Waals surface area contributed by atoms with Gasteiger partial charge in [0.2, 0.25) is 0 Å². The van der Waals surface area contributed by atoms with Gasteiger partial charge in [-0.3, -0.25) is 14.8 Å². The van der Waals surface area contributed by atoms with Crippen LogP contribution in [-0.2, 0) is 19.3 Å². The van der Waals surface area contributed by atoms with Crippen LogP contribution < -0.4 is 4.74 Å². The molecule has 0 spiro atoms. The van der Waals surface area contributed by atoms with Crippen molar-refractivity contribution in [1.29, 1.82) is 0 Å². The zero-order valence-corrected chi connectivity index (χ0v) is 11.7. The van der Waals surface area contributed by atoms with Gasteiger partial charge in [0.25, 0.3) is 0 Å². The molecule has 0 N–H and O–H groups in total. The van der Waals surface area contributed by atoms with Gasteiger partial charge in [-0.15, -0.1) is 11.6 Å². The van der Waals surface area contributed by atoms with Crippen molar-refractivity contribution in [2.24, 2.45) is 7.05 Å². The lowest BCUT2D eigenvalue weighted by atomic mass is 10.2. The van der Waals surface area contributed by atoms with Gasteiger partial charge in [0.1, 0.15) is 0 Å². The number of nitro benzene ring substituents is 1. The Balaban J connectivity index is 2.05. The van der Waals surface area contributed by atoms with Crippen molar-refractivity contribution >= 4 is 17.3 Å². The Morgan fingerprint density at radius 2 is 2.25 bits per heavy atom. The topological polar surface area (TPSA) is 70.2 Å². The molecule has 1 aromatic carbocycles. The number of alkyl halides is 1. The first kappa shape index (κ1) is 14.3. The number of nitro groups is 1. The summed E-state index contributed by atoms with van der Waals surface area (Å²) in [4.78, 5) is 10.5. The van der Waals surface area contributed by atoms with E-state index in [1.165, 1.54) is 6.07 Å². The van der Waals surface area contributed by atoms with Crippen LogP contribution in [0, 0.1) is 10.1 Å². The zero-order valence-electron chi connectivity index (χ0n) is 11.0. The second-order valence-corrected chi connectivity index (χ2v) is 4.50.